The van der Waals surface area contributed by atoms with Gasteiger partial charge in [0, 0.05) is 16.8 Å². The minimum atomic E-state index is -0.147. The number of carbonyl (C=O) groups excluding carboxylic acids is 1. The van der Waals surface area contributed by atoms with E-state index in [-0.39, 0.29) is 11.7 Å². The van der Waals surface area contributed by atoms with Crippen LogP contribution in [0.15, 0.2) is 77.8 Å². The first-order chi connectivity index (χ1) is 17.4. The van der Waals surface area contributed by atoms with Gasteiger partial charge in [-0.2, -0.15) is 5.26 Å². The predicted octanol–water partition coefficient (Wildman–Crippen LogP) is 6.95. The molecule has 0 saturated heterocycles. The van der Waals surface area contributed by atoms with E-state index >= 15 is 0 Å². The van der Waals surface area contributed by atoms with Crippen molar-refractivity contribution in [3.8, 4) is 34.2 Å². The van der Waals surface area contributed by atoms with Gasteiger partial charge in [0.2, 0.25) is 5.91 Å². The van der Waals surface area contributed by atoms with Crippen LogP contribution in [-0.4, -0.2) is 23.8 Å². The van der Waals surface area contributed by atoms with Crippen molar-refractivity contribution in [1.82, 2.24) is 4.98 Å². The normalized spacial score (nSPS) is 10.5. The number of thioether (sulfide) groups is 1. The lowest BCUT2D eigenvalue weighted by Crippen LogP contribution is -2.15. The number of nitrogens with one attached hydrogen (secondary N) is 1. The van der Waals surface area contributed by atoms with Gasteiger partial charge in [0.25, 0.3) is 0 Å². The monoisotopic (exact) mass is 493 g/mol. The Kier molecular flexibility index (Phi) is 7.72. The molecule has 4 rings (SSSR count). The molecule has 0 radical (unpaired) electrons. The zero-order chi connectivity index (χ0) is 25.7. The molecule has 180 valence electrons. The minimum absolute atomic E-state index is 0.133. The number of hydrogen-bond donors (Lipinski definition) is 1. The van der Waals surface area contributed by atoms with Crippen molar-refractivity contribution in [3.63, 3.8) is 0 Å². The molecule has 0 spiro atoms. The fourth-order valence-corrected chi connectivity index (χ4v) is 4.60. The molecule has 0 aliphatic heterocycles. The highest BCUT2D eigenvalue weighted by atomic mass is 32.2. The van der Waals surface area contributed by atoms with Gasteiger partial charge in [0.15, 0.2) is 0 Å². The van der Waals surface area contributed by atoms with Crippen LogP contribution < -0.4 is 10.1 Å². The lowest BCUT2D eigenvalue weighted by molar-refractivity contribution is -0.113. The molecule has 1 aromatic heterocycles. The summed E-state index contributed by atoms with van der Waals surface area (Å²) >= 11 is 1.27. The molecule has 6 heteroatoms. The van der Waals surface area contributed by atoms with Crippen molar-refractivity contribution in [1.29, 1.82) is 5.26 Å². The van der Waals surface area contributed by atoms with E-state index in [2.05, 4.69) is 11.4 Å². The van der Waals surface area contributed by atoms with E-state index in [1.54, 1.807) is 7.11 Å². The highest BCUT2D eigenvalue weighted by Gasteiger charge is 2.17. The van der Waals surface area contributed by atoms with Gasteiger partial charge < -0.3 is 10.1 Å². The van der Waals surface area contributed by atoms with E-state index in [4.69, 9.17) is 9.72 Å². The molecule has 0 unspecified atom stereocenters. The maximum atomic E-state index is 12.8. The molecular formula is C30H27N3O2S. The maximum absolute atomic E-state index is 12.8. The number of carbonyl (C=O) groups is 1. The van der Waals surface area contributed by atoms with Gasteiger partial charge >= 0.3 is 0 Å². The van der Waals surface area contributed by atoms with Gasteiger partial charge in [-0.15, -0.1) is 0 Å². The Morgan fingerprint density at radius 3 is 2.28 bits per heavy atom. The summed E-state index contributed by atoms with van der Waals surface area (Å²) in [7, 11) is 1.62. The largest absolute Gasteiger partial charge is 0.497 e. The third-order valence-electron chi connectivity index (χ3n) is 5.85. The Hall–Kier alpha value is -4.08. The number of rotatable bonds is 7. The number of amides is 1. The highest BCUT2D eigenvalue weighted by molar-refractivity contribution is 8.00. The van der Waals surface area contributed by atoms with E-state index in [0.29, 0.717) is 10.6 Å². The Morgan fingerprint density at radius 2 is 1.61 bits per heavy atom. The highest BCUT2D eigenvalue weighted by Crippen LogP contribution is 2.35. The second-order valence-corrected chi connectivity index (χ2v) is 9.56. The molecule has 0 fully saturated rings. The van der Waals surface area contributed by atoms with Crippen molar-refractivity contribution in [2.45, 2.75) is 25.8 Å². The second kappa shape index (κ2) is 11.1. The van der Waals surface area contributed by atoms with Crippen molar-refractivity contribution in [2.75, 3.05) is 18.2 Å². The number of benzene rings is 3. The van der Waals surface area contributed by atoms with E-state index in [1.165, 1.54) is 11.8 Å². The molecule has 1 heterocycles. The first-order valence-electron chi connectivity index (χ1n) is 11.5. The molecule has 36 heavy (non-hydrogen) atoms. The number of aryl methyl sites for hydroxylation is 3. The van der Waals surface area contributed by atoms with Gasteiger partial charge in [0.1, 0.15) is 16.8 Å². The lowest BCUT2D eigenvalue weighted by atomic mass is 9.99. The van der Waals surface area contributed by atoms with E-state index in [0.717, 1.165) is 50.5 Å². The minimum Gasteiger partial charge on any atom is -0.497 e. The van der Waals surface area contributed by atoms with Crippen molar-refractivity contribution >= 4 is 23.4 Å². The first-order valence-corrected chi connectivity index (χ1v) is 12.5. The summed E-state index contributed by atoms with van der Waals surface area (Å²) in [5.74, 6) is 0.725. The fraction of sp³-hybridized carbons (Fsp3) is 0.167. The zero-order valence-electron chi connectivity index (χ0n) is 20.8. The third kappa shape index (κ3) is 5.76. The number of nitrogens with zero attached hydrogens (tertiary/aromatic N) is 2. The average Bonchev–Trinajstić information content (AvgIpc) is 2.89. The van der Waals surface area contributed by atoms with Gasteiger partial charge in [-0.05, 0) is 61.7 Å². The number of aromatic nitrogens is 1. The number of anilines is 1. The summed E-state index contributed by atoms with van der Waals surface area (Å²) in [4.78, 5) is 17.6. The molecule has 0 aliphatic carbocycles. The number of ether oxygens (including phenoxy) is 1. The Bertz CT molecular complexity index is 1440. The first kappa shape index (κ1) is 25.0. The Morgan fingerprint density at radius 1 is 0.944 bits per heavy atom. The van der Waals surface area contributed by atoms with E-state index in [9.17, 15) is 10.1 Å². The molecule has 0 bridgehead atoms. The molecule has 0 atom stereocenters. The maximum Gasteiger partial charge on any atom is 0.234 e. The standard InChI is InChI=1S/C30H27N3O2S/c1-19-6-9-23(10-7-19)28-16-25(22-11-13-24(35-4)14-12-22)26(17-31)30(33-28)36-18-29(34)32-27-15-20(2)5-8-21(27)3/h5-16H,18H2,1-4H3,(H,32,34). The summed E-state index contributed by atoms with van der Waals surface area (Å²) in [6.45, 7) is 5.99. The van der Waals surface area contributed by atoms with Crippen molar-refractivity contribution < 1.29 is 9.53 Å². The molecule has 1 amide bonds. The molecule has 5 nitrogen and oxygen atoms in total. The van der Waals surface area contributed by atoms with Crippen LogP contribution in [-0.2, 0) is 4.79 Å². The summed E-state index contributed by atoms with van der Waals surface area (Å²) in [6, 6.07) is 25.9. The summed E-state index contributed by atoms with van der Waals surface area (Å²) in [6.07, 6.45) is 0. The van der Waals surface area contributed by atoms with Crippen molar-refractivity contribution in [3.05, 3.63) is 95.1 Å². The average molecular weight is 494 g/mol. The predicted molar refractivity (Wildman–Crippen MR) is 146 cm³/mol. The Balaban J connectivity index is 1.70. The SMILES string of the molecule is COc1ccc(-c2cc(-c3ccc(C)cc3)nc(SCC(=O)Nc3cc(C)ccc3C)c2C#N)cc1. The van der Waals surface area contributed by atoms with Crippen LogP contribution in [0.25, 0.3) is 22.4 Å². The van der Waals surface area contributed by atoms with Crippen LogP contribution in [0.1, 0.15) is 22.3 Å². The zero-order valence-corrected chi connectivity index (χ0v) is 21.6. The van der Waals surface area contributed by atoms with Crippen LogP contribution in [0, 0.1) is 32.1 Å². The number of nitriles is 1. The van der Waals surface area contributed by atoms with Crippen LogP contribution in [0.4, 0.5) is 5.69 Å². The smallest absolute Gasteiger partial charge is 0.234 e. The molecule has 4 aromatic rings. The van der Waals surface area contributed by atoms with Crippen LogP contribution >= 0.6 is 11.8 Å². The van der Waals surface area contributed by atoms with Crippen LogP contribution in [0.3, 0.4) is 0 Å². The molecular weight excluding hydrogens is 466 g/mol. The second-order valence-electron chi connectivity index (χ2n) is 8.60. The van der Waals surface area contributed by atoms with Crippen LogP contribution in [0.5, 0.6) is 5.75 Å². The quantitative estimate of drug-likeness (QED) is 0.282. The summed E-state index contributed by atoms with van der Waals surface area (Å²) < 4.78 is 5.29. The lowest BCUT2D eigenvalue weighted by Gasteiger charge is -2.14. The Labute approximate surface area is 216 Å². The fourth-order valence-electron chi connectivity index (χ4n) is 3.80. The van der Waals surface area contributed by atoms with Crippen LogP contribution in [0.2, 0.25) is 0 Å². The number of pyridine rings is 1. The number of hydrogen-bond acceptors (Lipinski definition) is 5. The topological polar surface area (TPSA) is 75.0 Å². The molecule has 0 saturated carbocycles. The third-order valence-corrected chi connectivity index (χ3v) is 6.83. The molecule has 1 N–H and O–H groups in total. The van der Waals surface area contributed by atoms with Gasteiger partial charge in [-0.25, -0.2) is 4.98 Å². The van der Waals surface area contributed by atoms with Gasteiger partial charge in [-0.3, -0.25) is 4.79 Å². The van der Waals surface area contributed by atoms with Crippen molar-refractivity contribution in [2.24, 2.45) is 0 Å². The molecule has 3 aromatic carbocycles. The van der Waals surface area contributed by atoms with E-state index < -0.39 is 0 Å². The van der Waals surface area contributed by atoms with E-state index in [1.807, 2.05) is 93.6 Å². The summed E-state index contributed by atoms with van der Waals surface area (Å²) in [5.41, 5.74) is 7.80. The molecule has 0 aliphatic rings. The van der Waals surface area contributed by atoms with Gasteiger partial charge in [0.05, 0.1) is 24.1 Å². The van der Waals surface area contributed by atoms with Gasteiger partial charge in [-0.1, -0.05) is 65.9 Å². The summed E-state index contributed by atoms with van der Waals surface area (Å²) in [5, 5.41) is 13.6. The number of methoxy groups -OCH3 is 1.